The van der Waals surface area contributed by atoms with Crippen LogP contribution in [-0.2, 0) is 19.4 Å². The Labute approximate surface area is 121 Å². The van der Waals surface area contributed by atoms with Gasteiger partial charge in [-0.2, -0.15) is 0 Å². The number of hydrogen-bond donors (Lipinski definition) is 1. The predicted octanol–water partition coefficient (Wildman–Crippen LogP) is 1.48. The molecule has 0 bridgehead atoms. The third-order valence-electron chi connectivity index (χ3n) is 2.84. The van der Waals surface area contributed by atoms with Crippen molar-refractivity contribution in [3.05, 3.63) is 23.3 Å². The van der Waals surface area contributed by atoms with Crippen molar-refractivity contribution in [1.29, 1.82) is 0 Å². The molecule has 2 atom stereocenters. The van der Waals surface area contributed by atoms with Crippen LogP contribution in [0.25, 0.3) is 0 Å². The van der Waals surface area contributed by atoms with Crippen LogP contribution >= 0.6 is 0 Å². The van der Waals surface area contributed by atoms with Gasteiger partial charge in [0.05, 0.1) is 18.1 Å². The van der Waals surface area contributed by atoms with E-state index in [0.717, 1.165) is 0 Å². The van der Waals surface area contributed by atoms with Crippen LogP contribution in [0.4, 0.5) is 0 Å². The van der Waals surface area contributed by atoms with Crippen LogP contribution in [0, 0.1) is 5.92 Å². The van der Waals surface area contributed by atoms with Crippen molar-refractivity contribution in [3.63, 3.8) is 0 Å². The minimum atomic E-state index is -3.31. The number of aliphatic hydroxyl groups excluding tert-OH is 1. The molecular weight excluding hydrogens is 280 g/mol. The summed E-state index contributed by atoms with van der Waals surface area (Å²) in [5, 5.41) is 8.26. The number of carbonyl (C=O) groups is 1. The molecule has 0 aromatic rings. The fraction of sp³-hybridized carbons (Fsp3) is 0.643. The van der Waals surface area contributed by atoms with Gasteiger partial charge in [0.2, 0.25) is 0 Å². The molecule has 0 saturated carbocycles. The lowest BCUT2D eigenvalue weighted by molar-refractivity contribution is -0.136. The molecule has 6 heteroatoms. The minimum absolute atomic E-state index is 0.0614. The molecule has 1 unspecified atom stereocenters. The maximum absolute atomic E-state index is 12.0. The van der Waals surface area contributed by atoms with E-state index in [1.807, 2.05) is 0 Å². The van der Waals surface area contributed by atoms with Crippen molar-refractivity contribution in [2.45, 2.75) is 32.9 Å². The van der Waals surface area contributed by atoms with Crippen molar-refractivity contribution in [1.82, 2.24) is 0 Å². The van der Waals surface area contributed by atoms with Crippen molar-refractivity contribution in [2.75, 3.05) is 19.5 Å². The lowest BCUT2D eigenvalue weighted by Crippen LogP contribution is -2.24. The number of ether oxygens (including phenoxy) is 1. The topological polar surface area (TPSA) is 80.7 Å². The van der Waals surface area contributed by atoms with E-state index in [2.05, 4.69) is 4.74 Å². The molecule has 0 aliphatic rings. The normalized spacial score (nSPS) is 16.7. The van der Waals surface area contributed by atoms with Gasteiger partial charge in [-0.3, -0.25) is 0 Å². The zero-order chi connectivity index (χ0) is 15.9. The molecule has 0 amide bonds. The molecule has 0 aromatic carbocycles. The number of allylic oxidation sites excluding steroid dienone is 2. The van der Waals surface area contributed by atoms with Gasteiger partial charge in [-0.25, -0.2) is 13.2 Å². The molecule has 0 aliphatic carbocycles. The van der Waals surface area contributed by atoms with Gasteiger partial charge in [0, 0.05) is 12.2 Å². The summed E-state index contributed by atoms with van der Waals surface area (Å²) >= 11 is 0. The van der Waals surface area contributed by atoms with Crippen LogP contribution in [0.15, 0.2) is 23.3 Å². The number of rotatable bonds is 7. The number of carbonyl (C=O) groups excluding carboxylic acids is 1. The Morgan fingerprint density at radius 2 is 1.85 bits per heavy atom. The Morgan fingerprint density at radius 3 is 2.30 bits per heavy atom. The van der Waals surface area contributed by atoms with Gasteiger partial charge < -0.3 is 9.84 Å². The molecule has 0 heterocycles. The Hall–Kier alpha value is -1.14. The molecule has 0 aromatic heterocycles. The molecule has 0 saturated heterocycles. The molecular formula is C14H24O5S. The van der Waals surface area contributed by atoms with Crippen LogP contribution in [-0.4, -0.2) is 44.2 Å². The fourth-order valence-electron chi connectivity index (χ4n) is 1.68. The number of sulfone groups is 1. The van der Waals surface area contributed by atoms with Gasteiger partial charge in [-0.05, 0) is 32.8 Å². The van der Waals surface area contributed by atoms with E-state index in [1.165, 1.54) is 7.11 Å². The first-order valence-corrected chi connectivity index (χ1v) is 8.13. The molecule has 0 rings (SSSR count). The summed E-state index contributed by atoms with van der Waals surface area (Å²) in [6.45, 7) is 6.45. The van der Waals surface area contributed by atoms with Crippen molar-refractivity contribution in [2.24, 2.45) is 5.92 Å². The van der Waals surface area contributed by atoms with Gasteiger partial charge in [-0.1, -0.05) is 18.6 Å². The average Bonchev–Trinajstić information content (AvgIpc) is 2.36. The minimum Gasteiger partial charge on any atom is -0.466 e. The van der Waals surface area contributed by atoms with Gasteiger partial charge in [0.1, 0.15) is 0 Å². The second kappa shape index (κ2) is 8.21. The summed E-state index contributed by atoms with van der Waals surface area (Å²) in [4.78, 5) is 11.3. The monoisotopic (exact) mass is 304 g/mol. The van der Waals surface area contributed by atoms with E-state index in [-0.39, 0.29) is 18.3 Å². The second-order valence-corrected chi connectivity index (χ2v) is 7.45. The first-order valence-electron chi connectivity index (χ1n) is 6.41. The fourth-order valence-corrected chi connectivity index (χ4v) is 3.31. The van der Waals surface area contributed by atoms with E-state index in [9.17, 15) is 13.2 Å². The Morgan fingerprint density at radius 1 is 1.30 bits per heavy atom. The lowest BCUT2D eigenvalue weighted by atomic mass is 10.1. The smallest absolute Gasteiger partial charge is 0.333 e. The molecule has 1 N–H and O–H groups in total. The van der Waals surface area contributed by atoms with Crippen molar-refractivity contribution < 1.29 is 23.1 Å². The molecule has 116 valence electrons. The van der Waals surface area contributed by atoms with Crippen LogP contribution in [0.1, 0.15) is 27.7 Å². The molecule has 0 spiro atoms. The summed E-state index contributed by atoms with van der Waals surface area (Å²) < 4.78 is 28.7. The third kappa shape index (κ3) is 6.34. The van der Waals surface area contributed by atoms with Crippen LogP contribution < -0.4 is 0 Å². The third-order valence-corrected chi connectivity index (χ3v) is 5.15. The summed E-state index contributed by atoms with van der Waals surface area (Å²) in [7, 11) is -2.02. The number of hydrogen-bond acceptors (Lipinski definition) is 5. The van der Waals surface area contributed by atoms with Gasteiger partial charge >= 0.3 is 5.97 Å². The highest BCUT2D eigenvalue weighted by Crippen LogP contribution is 2.12. The van der Waals surface area contributed by atoms with Crippen LogP contribution in [0.3, 0.4) is 0 Å². The van der Waals surface area contributed by atoms with E-state index in [4.69, 9.17) is 5.11 Å². The Balaban J connectivity index is 5.00. The van der Waals surface area contributed by atoms with E-state index in [1.54, 1.807) is 39.8 Å². The van der Waals surface area contributed by atoms with Crippen molar-refractivity contribution >= 4 is 15.8 Å². The van der Waals surface area contributed by atoms with Crippen LogP contribution in [0.2, 0.25) is 0 Å². The summed E-state index contributed by atoms with van der Waals surface area (Å²) in [5.74, 6) is -0.792. The Bertz CT molecular complexity index is 488. The Kier molecular flexibility index (Phi) is 7.75. The number of esters is 1. The van der Waals surface area contributed by atoms with E-state index in [0.29, 0.717) is 11.1 Å². The zero-order valence-electron chi connectivity index (χ0n) is 12.7. The quantitative estimate of drug-likeness (QED) is 0.438. The summed E-state index contributed by atoms with van der Waals surface area (Å²) in [6, 6.07) is 0. The lowest BCUT2D eigenvalue weighted by Gasteiger charge is -2.13. The second-order valence-electron chi connectivity index (χ2n) is 5.05. The van der Waals surface area contributed by atoms with E-state index < -0.39 is 21.1 Å². The number of methoxy groups -OCH3 is 1. The van der Waals surface area contributed by atoms with Crippen LogP contribution in [0.5, 0.6) is 0 Å². The maximum Gasteiger partial charge on any atom is 0.333 e. The van der Waals surface area contributed by atoms with Crippen molar-refractivity contribution in [3.8, 4) is 0 Å². The van der Waals surface area contributed by atoms with Gasteiger partial charge in [0.25, 0.3) is 0 Å². The number of aliphatic hydroxyl groups is 1. The first kappa shape index (κ1) is 18.9. The zero-order valence-corrected chi connectivity index (χ0v) is 13.5. The first-order chi connectivity index (χ1) is 9.13. The standard InChI is InChI=1S/C14H24O5S/c1-10(6-12(3)14(16)19-5)7-13(4)20(17,18)9-11(2)8-15/h6-7,11,13,15H,8-9H2,1-5H3/b10-7+,12-6+/t11-,13?/m0/s1. The molecule has 0 radical (unpaired) electrons. The molecule has 0 aliphatic heterocycles. The highest BCUT2D eigenvalue weighted by molar-refractivity contribution is 7.92. The van der Waals surface area contributed by atoms with Gasteiger partial charge in [0.15, 0.2) is 9.84 Å². The molecule has 5 nitrogen and oxygen atoms in total. The van der Waals surface area contributed by atoms with E-state index >= 15 is 0 Å². The highest BCUT2D eigenvalue weighted by Gasteiger charge is 2.21. The summed E-state index contributed by atoms with van der Waals surface area (Å²) in [6.07, 6.45) is 3.18. The molecule has 0 fully saturated rings. The van der Waals surface area contributed by atoms with Gasteiger partial charge in [-0.15, -0.1) is 0 Å². The SMILES string of the molecule is COC(=O)/C(C)=C/C(C)=C/C(C)S(=O)(=O)C[C@@H](C)CO. The summed E-state index contributed by atoms with van der Waals surface area (Å²) in [5.41, 5.74) is 1.09. The predicted molar refractivity (Wildman–Crippen MR) is 79.0 cm³/mol. The molecule has 20 heavy (non-hydrogen) atoms. The maximum atomic E-state index is 12.0. The average molecular weight is 304 g/mol. The highest BCUT2D eigenvalue weighted by atomic mass is 32.2. The largest absolute Gasteiger partial charge is 0.466 e.